The van der Waals surface area contributed by atoms with Crippen LogP contribution in [0.4, 0.5) is 0 Å². The van der Waals surface area contributed by atoms with E-state index in [0.717, 1.165) is 0 Å². The summed E-state index contributed by atoms with van der Waals surface area (Å²) in [5, 5.41) is 9.71. The number of carboxylic acids is 1. The van der Waals surface area contributed by atoms with Crippen LogP contribution in [0.15, 0.2) is 21.7 Å². The maximum Gasteiger partial charge on any atom is 0.319 e. The third-order valence-electron chi connectivity index (χ3n) is 1.66. The van der Waals surface area contributed by atoms with Gasteiger partial charge >= 0.3 is 5.97 Å². The first kappa shape index (κ1) is 11.4. The largest absolute Gasteiger partial charge is 0.480 e. The standard InChI is InChI=1S/C8H11NO3S2/c9-4-3-6(8(10)11)14(12)7-2-1-5-13-7/h1-2,5-6H,3-4,9H2,(H,10,11). The number of hydrogen-bond acceptors (Lipinski definition) is 4. The van der Waals surface area contributed by atoms with Gasteiger partial charge in [0.05, 0.1) is 15.0 Å². The molecule has 0 saturated heterocycles. The number of carboxylic acid groups (broad SMARTS) is 1. The van der Waals surface area contributed by atoms with Gasteiger partial charge in [-0.25, -0.2) is 0 Å². The van der Waals surface area contributed by atoms with Crippen molar-refractivity contribution in [3.63, 3.8) is 0 Å². The lowest BCUT2D eigenvalue weighted by Crippen LogP contribution is -2.28. The Bertz CT molecular complexity index is 323. The molecule has 0 bridgehead atoms. The van der Waals surface area contributed by atoms with Crippen molar-refractivity contribution in [3.05, 3.63) is 17.5 Å². The molecule has 0 amide bonds. The van der Waals surface area contributed by atoms with E-state index < -0.39 is 22.0 Å². The molecule has 0 aliphatic heterocycles. The summed E-state index contributed by atoms with van der Waals surface area (Å²) in [6, 6.07) is 3.42. The minimum absolute atomic E-state index is 0.230. The zero-order chi connectivity index (χ0) is 10.6. The summed E-state index contributed by atoms with van der Waals surface area (Å²) in [5.41, 5.74) is 5.26. The van der Waals surface area contributed by atoms with Crippen molar-refractivity contribution in [1.82, 2.24) is 0 Å². The molecule has 3 N–H and O–H groups in total. The summed E-state index contributed by atoms with van der Waals surface area (Å²) in [6.45, 7) is 0.230. The molecule has 0 saturated carbocycles. The van der Waals surface area contributed by atoms with E-state index in [0.29, 0.717) is 4.21 Å². The van der Waals surface area contributed by atoms with Crippen molar-refractivity contribution in [3.8, 4) is 0 Å². The molecule has 0 aliphatic carbocycles. The second kappa shape index (κ2) is 5.23. The minimum Gasteiger partial charge on any atom is -0.480 e. The lowest BCUT2D eigenvalue weighted by Gasteiger charge is -2.08. The Morgan fingerprint density at radius 3 is 2.86 bits per heavy atom. The lowest BCUT2D eigenvalue weighted by atomic mass is 10.3. The number of hydrogen-bond donors (Lipinski definition) is 2. The van der Waals surface area contributed by atoms with Gasteiger partial charge in [0.25, 0.3) is 0 Å². The molecule has 78 valence electrons. The van der Waals surface area contributed by atoms with Crippen LogP contribution in [0.25, 0.3) is 0 Å². The highest BCUT2D eigenvalue weighted by atomic mass is 32.2. The van der Waals surface area contributed by atoms with E-state index in [1.165, 1.54) is 11.3 Å². The van der Waals surface area contributed by atoms with Gasteiger partial charge in [-0.1, -0.05) is 6.07 Å². The first-order chi connectivity index (χ1) is 6.66. The second-order valence-corrected chi connectivity index (χ2v) is 5.44. The van der Waals surface area contributed by atoms with Gasteiger partial charge in [0.2, 0.25) is 0 Å². The van der Waals surface area contributed by atoms with E-state index in [1.54, 1.807) is 17.5 Å². The zero-order valence-corrected chi connectivity index (χ0v) is 9.01. The van der Waals surface area contributed by atoms with Gasteiger partial charge < -0.3 is 10.8 Å². The van der Waals surface area contributed by atoms with Crippen LogP contribution in [0.2, 0.25) is 0 Å². The summed E-state index contributed by atoms with van der Waals surface area (Å²) in [6.07, 6.45) is 0.236. The molecule has 0 spiro atoms. The van der Waals surface area contributed by atoms with Gasteiger partial charge in [0.15, 0.2) is 0 Å². The number of aliphatic carboxylic acids is 1. The Labute approximate surface area is 88.2 Å². The van der Waals surface area contributed by atoms with Crippen molar-refractivity contribution in [2.45, 2.75) is 15.9 Å². The van der Waals surface area contributed by atoms with Crippen molar-refractivity contribution in [2.24, 2.45) is 5.73 Å². The van der Waals surface area contributed by atoms with Crippen molar-refractivity contribution in [2.75, 3.05) is 6.54 Å². The van der Waals surface area contributed by atoms with Crippen LogP contribution in [-0.4, -0.2) is 27.1 Å². The van der Waals surface area contributed by atoms with E-state index in [1.807, 2.05) is 0 Å². The maximum absolute atomic E-state index is 11.7. The fraction of sp³-hybridized carbons (Fsp3) is 0.375. The number of carbonyl (C=O) groups is 1. The number of rotatable bonds is 5. The lowest BCUT2D eigenvalue weighted by molar-refractivity contribution is -0.136. The van der Waals surface area contributed by atoms with E-state index in [2.05, 4.69) is 0 Å². The number of thiophene rings is 1. The van der Waals surface area contributed by atoms with Gasteiger partial charge in [-0.15, -0.1) is 11.3 Å². The van der Waals surface area contributed by atoms with Gasteiger partial charge in [-0.3, -0.25) is 9.00 Å². The predicted molar refractivity (Wildman–Crippen MR) is 55.8 cm³/mol. The highest BCUT2D eigenvalue weighted by Gasteiger charge is 2.25. The SMILES string of the molecule is NCCC(C(=O)O)S(=O)c1cccs1. The van der Waals surface area contributed by atoms with Crippen LogP contribution in [0.5, 0.6) is 0 Å². The second-order valence-electron chi connectivity index (χ2n) is 2.63. The molecule has 6 heteroatoms. The first-order valence-corrected chi connectivity index (χ1v) is 6.13. The molecule has 1 rings (SSSR count). The van der Waals surface area contributed by atoms with Crippen LogP contribution in [0.1, 0.15) is 6.42 Å². The molecule has 1 heterocycles. The van der Waals surface area contributed by atoms with Crippen LogP contribution < -0.4 is 5.73 Å². The average molecular weight is 233 g/mol. The molecule has 0 aliphatic rings. The van der Waals surface area contributed by atoms with Crippen molar-refractivity contribution >= 4 is 28.1 Å². The summed E-state index contributed by atoms with van der Waals surface area (Å²) in [4.78, 5) is 10.8. The Morgan fingerprint density at radius 1 is 1.71 bits per heavy atom. The maximum atomic E-state index is 11.7. The third-order valence-corrected chi connectivity index (χ3v) is 4.59. The summed E-state index contributed by atoms with van der Waals surface area (Å²) >= 11 is 1.30. The summed E-state index contributed by atoms with van der Waals surface area (Å²) < 4.78 is 12.3. The van der Waals surface area contributed by atoms with E-state index in [-0.39, 0.29) is 13.0 Å². The average Bonchev–Trinajstić information content (AvgIpc) is 2.65. The Balaban J connectivity index is 2.79. The van der Waals surface area contributed by atoms with Crippen LogP contribution in [-0.2, 0) is 15.6 Å². The van der Waals surface area contributed by atoms with E-state index >= 15 is 0 Å². The molecule has 0 aromatic carbocycles. The highest BCUT2D eigenvalue weighted by Crippen LogP contribution is 2.18. The summed E-state index contributed by atoms with van der Waals surface area (Å²) in [7, 11) is -1.48. The smallest absolute Gasteiger partial charge is 0.319 e. The van der Waals surface area contributed by atoms with Crippen LogP contribution in [0.3, 0.4) is 0 Å². The Morgan fingerprint density at radius 2 is 2.43 bits per heavy atom. The summed E-state index contributed by atoms with van der Waals surface area (Å²) in [5.74, 6) is -1.05. The zero-order valence-electron chi connectivity index (χ0n) is 7.38. The van der Waals surface area contributed by atoms with E-state index in [4.69, 9.17) is 10.8 Å². The topological polar surface area (TPSA) is 80.4 Å². The molecule has 0 radical (unpaired) electrons. The first-order valence-electron chi connectivity index (χ1n) is 4.03. The number of nitrogens with two attached hydrogens (primary N) is 1. The van der Waals surface area contributed by atoms with Crippen LogP contribution in [0, 0.1) is 0 Å². The molecule has 4 nitrogen and oxygen atoms in total. The fourth-order valence-electron chi connectivity index (χ4n) is 0.992. The highest BCUT2D eigenvalue weighted by molar-refractivity contribution is 7.88. The van der Waals surface area contributed by atoms with Crippen molar-refractivity contribution < 1.29 is 14.1 Å². The van der Waals surface area contributed by atoms with Crippen LogP contribution >= 0.6 is 11.3 Å². The molecular formula is C8H11NO3S2. The van der Waals surface area contributed by atoms with Gasteiger partial charge in [0, 0.05) is 0 Å². The van der Waals surface area contributed by atoms with E-state index in [9.17, 15) is 9.00 Å². The molecule has 14 heavy (non-hydrogen) atoms. The molecule has 1 aromatic heterocycles. The quantitative estimate of drug-likeness (QED) is 0.782. The molecular weight excluding hydrogens is 222 g/mol. The minimum atomic E-state index is -1.48. The fourth-order valence-corrected chi connectivity index (χ4v) is 3.36. The van der Waals surface area contributed by atoms with Gasteiger partial charge in [0.1, 0.15) is 5.25 Å². The van der Waals surface area contributed by atoms with Crippen molar-refractivity contribution in [1.29, 1.82) is 0 Å². The monoisotopic (exact) mass is 233 g/mol. The predicted octanol–water partition coefficient (Wildman–Crippen LogP) is 0.658. The van der Waals surface area contributed by atoms with Gasteiger partial charge in [-0.05, 0) is 24.4 Å². The van der Waals surface area contributed by atoms with Gasteiger partial charge in [-0.2, -0.15) is 0 Å². The third kappa shape index (κ3) is 2.63. The molecule has 2 unspecified atom stereocenters. The molecule has 2 atom stereocenters. The molecule has 0 fully saturated rings. The molecule has 1 aromatic rings. The normalized spacial score (nSPS) is 14.9. The Kier molecular flexibility index (Phi) is 4.24. The Hall–Kier alpha value is -0.720.